The van der Waals surface area contributed by atoms with E-state index in [1.165, 1.54) is 6.07 Å². The Bertz CT molecular complexity index is 881. The molecule has 0 aliphatic carbocycles. The first-order valence-corrected chi connectivity index (χ1v) is 7.92. The van der Waals surface area contributed by atoms with Gasteiger partial charge in [0.2, 0.25) is 0 Å². The van der Waals surface area contributed by atoms with Gasteiger partial charge in [-0.2, -0.15) is 22.8 Å². The van der Waals surface area contributed by atoms with Crippen LogP contribution < -0.4 is 4.90 Å². The van der Waals surface area contributed by atoms with Crippen LogP contribution in [0.1, 0.15) is 5.82 Å². The fourth-order valence-corrected chi connectivity index (χ4v) is 3.03. The minimum Gasteiger partial charge on any atom is -0.354 e. The van der Waals surface area contributed by atoms with Crippen LogP contribution in [-0.4, -0.2) is 42.7 Å². The Morgan fingerprint density at radius 1 is 1.21 bits per heavy atom. The molecule has 1 aliphatic rings. The highest BCUT2D eigenvalue weighted by Gasteiger charge is 2.38. The van der Waals surface area contributed by atoms with Crippen LogP contribution in [0.5, 0.6) is 0 Å². The maximum atomic E-state index is 12.9. The molecule has 4 heterocycles. The van der Waals surface area contributed by atoms with Crippen molar-refractivity contribution in [3.8, 4) is 0 Å². The summed E-state index contributed by atoms with van der Waals surface area (Å²) in [6, 6.07) is 3.15. The van der Waals surface area contributed by atoms with Crippen LogP contribution >= 0.6 is 15.9 Å². The zero-order valence-corrected chi connectivity index (χ0v) is 13.7. The van der Waals surface area contributed by atoms with Crippen LogP contribution in [0.15, 0.2) is 29.0 Å². The lowest BCUT2D eigenvalue weighted by Gasteiger charge is -2.39. The average molecular weight is 402 g/mol. The fraction of sp³-hybridized carbons (Fsp3) is 0.385. The zero-order chi connectivity index (χ0) is 16.9. The fourth-order valence-electron chi connectivity index (χ4n) is 2.70. The van der Waals surface area contributed by atoms with E-state index in [1.54, 1.807) is 12.3 Å². The molecule has 4 rings (SSSR count). The Kier molecular flexibility index (Phi) is 3.48. The highest BCUT2D eigenvalue weighted by molar-refractivity contribution is 9.10. The summed E-state index contributed by atoms with van der Waals surface area (Å²) in [6.07, 6.45) is -0.980. The monoisotopic (exact) mass is 401 g/mol. The zero-order valence-electron chi connectivity index (χ0n) is 12.2. The van der Waals surface area contributed by atoms with Crippen molar-refractivity contribution in [3.63, 3.8) is 0 Å². The molecule has 1 fully saturated rings. The predicted octanol–water partition coefficient (Wildman–Crippen LogP) is 2.24. The molecule has 7 nitrogen and oxygen atoms in total. The Balaban J connectivity index is 1.49. The van der Waals surface area contributed by atoms with Crippen LogP contribution in [0.2, 0.25) is 0 Å². The van der Waals surface area contributed by atoms with Crippen molar-refractivity contribution in [1.82, 2.24) is 29.6 Å². The second kappa shape index (κ2) is 5.43. The van der Waals surface area contributed by atoms with Crippen LogP contribution in [0, 0.1) is 5.92 Å². The first-order chi connectivity index (χ1) is 11.4. The lowest BCUT2D eigenvalue weighted by Crippen LogP contribution is -2.49. The van der Waals surface area contributed by atoms with E-state index in [-0.39, 0.29) is 5.65 Å². The molecule has 0 radical (unpaired) electrons. The maximum Gasteiger partial charge on any atom is 0.453 e. The van der Waals surface area contributed by atoms with Crippen molar-refractivity contribution < 1.29 is 13.2 Å². The van der Waals surface area contributed by atoms with Gasteiger partial charge in [0, 0.05) is 31.7 Å². The largest absolute Gasteiger partial charge is 0.453 e. The van der Waals surface area contributed by atoms with Gasteiger partial charge in [0.1, 0.15) is 5.82 Å². The van der Waals surface area contributed by atoms with Gasteiger partial charge in [-0.05, 0) is 28.1 Å². The molecule has 0 unspecified atom stereocenters. The van der Waals surface area contributed by atoms with Gasteiger partial charge in [-0.3, -0.25) is 4.68 Å². The number of halogens is 4. The normalized spacial score (nSPS) is 15.9. The summed E-state index contributed by atoms with van der Waals surface area (Å²) in [7, 11) is 0. The molecule has 3 aromatic rings. The number of anilines is 1. The predicted molar refractivity (Wildman–Crippen MR) is 81.4 cm³/mol. The average Bonchev–Trinajstić information content (AvgIpc) is 3.07. The first kappa shape index (κ1) is 15.4. The third kappa shape index (κ3) is 2.72. The third-order valence-corrected chi connectivity index (χ3v) is 4.24. The molecular formula is C13H11BrF3N7. The van der Waals surface area contributed by atoms with E-state index in [0.29, 0.717) is 24.8 Å². The van der Waals surface area contributed by atoms with E-state index < -0.39 is 12.0 Å². The molecule has 0 N–H and O–H groups in total. The highest BCUT2D eigenvalue weighted by atomic mass is 79.9. The third-order valence-electron chi connectivity index (χ3n) is 3.83. The lowest BCUT2D eigenvalue weighted by atomic mass is 10.0. The van der Waals surface area contributed by atoms with Gasteiger partial charge < -0.3 is 4.90 Å². The molecule has 1 aliphatic heterocycles. The number of aromatic nitrogens is 6. The SMILES string of the molecule is FC(F)(F)c1nnc2ccc(N3CC(Cn4cc(Br)cn4)C3)nn12. The van der Waals surface area contributed by atoms with Crippen LogP contribution in [-0.2, 0) is 12.7 Å². The first-order valence-electron chi connectivity index (χ1n) is 7.13. The molecular weight excluding hydrogens is 391 g/mol. The molecule has 3 aromatic heterocycles. The molecule has 0 amide bonds. The van der Waals surface area contributed by atoms with Crippen LogP contribution in [0.4, 0.5) is 19.0 Å². The second-order valence-electron chi connectivity index (χ2n) is 5.63. The van der Waals surface area contributed by atoms with Crippen LogP contribution in [0.3, 0.4) is 0 Å². The molecule has 11 heteroatoms. The van der Waals surface area contributed by atoms with Gasteiger partial charge in [-0.1, -0.05) is 0 Å². The summed E-state index contributed by atoms with van der Waals surface area (Å²) < 4.78 is 42.2. The number of alkyl halides is 3. The quantitative estimate of drug-likeness (QED) is 0.673. The maximum absolute atomic E-state index is 12.9. The van der Waals surface area contributed by atoms with Gasteiger partial charge in [-0.15, -0.1) is 15.3 Å². The van der Waals surface area contributed by atoms with E-state index in [2.05, 4.69) is 36.3 Å². The van der Waals surface area contributed by atoms with E-state index in [0.717, 1.165) is 15.5 Å². The highest BCUT2D eigenvalue weighted by Crippen LogP contribution is 2.29. The van der Waals surface area contributed by atoms with E-state index in [9.17, 15) is 13.2 Å². The second-order valence-corrected chi connectivity index (χ2v) is 6.55. The van der Waals surface area contributed by atoms with Gasteiger partial charge in [-0.25, -0.2) is 0 Å². The minimum absolute atomic E-state index is 0.0736. The van der Waals surface area contributed by atoms with Crippen LogP contribution in [0.25, 0.3) is 5.65 Å². The summed E-state index contributed by atoms with van der Waals surface area (Å²) in [5.74, 6) is -0.263. The summed E-state index contributed by atoms with van der Waals surface area (Å²) >= 11 is 3.34. The van der Waals surface area contributed by atoms with Crippen molar-refractivity contribution >= 4 is 27.4 Å². The molecule has 0 bridgehead atoms. The van der Waals surface area contributed by atoms with Crippen molar-refractivity contribution in [2.75, 3.05) is 18.0 Å². The van der Waals surface area contributed by atoms with Gasteiger partial charge in [0.25, 0.3) is 5.82 Å². The Labute approximate surface area is 142 Å². The van der Waals surface area contributed by atoms with E-state index in [4.69, 9.17) is 0 Å². The number of fused-ring (bicyclic) bond motifs is 1. The Morgan fingerprint density at radius 2 is 2.00 bits per heavy atom. The van der Waals surface area contributed by atoms with Crippen molar-refractivity contribution in [3.05, 3.63) is 34.8 Å². The molecule has 0 spiro atoms. The van der Waals surface area contributed by atoms with Gasteiger partial charge >= 0.3 is 6.18 Å². The molecule has 1 saturated heterocycles. The molecule has 0 aromatic carbocycles. The molecule has 24 heavy (non-hydrogen) atoms. The van der Waals surface area contributed by atoms with Crippen molar-refractivity contribution in [1.29, 1.82) is 0 Å². The number of hydrogen-bond donors (Lipinski definition) is 0. The standard InChI is InChI=1S/C13H11BrF3N7/c14-9-3-18-23(7-9)6-8-4-22(5-8)11-2-1-10-19-20-12(13(15,16)17)24(10)21-11/h1-3,7-8H,4-6H2. The number of hydrogen-bond acceptors (Lipinski definition) is 5. The Morgan fingerprint density at radius 3 is 2.67 bits per heavy atom. The van der Waals surface area contributed by atoms with Crippen molar-refractivity contribution in [2.45, 2.75) is 12.7 Å². The topological polar surface area (TPSA) is 64.1 Å². The summed E-state index contributed by atoms with van der Waals surface area (Å²) in [5, 5.41) is 14.9. The molecule has 126 valence electrons. The van der Waals surface area contributed by atoms with Gasteiger partial charge in [0.15, 0.2) is 5.65 Å². The number of nitrogens with zero attached hydrogens (tertiary/aromatic N) is 7. The summed E-state index contributed by atoms with van der Waals surface area (Å²) in [4.78, 5) is 1.92. The number of rotatable bonds is 3. The Hall–Kier alpha value is -2.17. The van der Waals surface area contributed by atoms with Crippen molar-refractivity contribution in [2.24, 2.45) is 5.92 Å². The molecule has 0 saturated carbocycles. The van der Waals surface area contributed by atoms with E-state index >= 15 is 0 Å². The lowest BCUT2D eigenvalue weighted by molar-refractivity contribution is -0.146. The minimum atomic E-state index is -4.59. The van der Waals surface area contributed by atoms with E-state index in [1.807, 2.05) is 15.8 Å². The smallest absolute Gasteiger partial charge is 0.354 e. The van der Waals surface area contributed by atoms with Gasteiger partial charge in [0.05, 0.1) is 10.7 Å². The molecule has 0 atom stereocenters. The summed E-state index contributed by atoms with van der Waals surface area (Å²) in [6.45, 7) is 2.17. The summed E-state index contributed by atoms with van der Waals surface area (Å²) in [5.41, 5.74) is 0.0736.